The Labute approximate surface area is 233 Å². The summed E-state index contributed by atoms with van der Waals surface area (Å²) in [7, 11) is -2.24. The number of ether oxygens (including phenoxy) is 2. The van der Waals surface area contributed by atoms with Gasteiger partial charge in [0.05, 0.1) is 23.6 Å². The molecule has 0 spiro atoms. The number of benzene rings is 2. The zero-order valence-electron chi connectivity index (χ0n) is 23.2. The molecular formula is C30H39NO5SSi. The molecule has 1 amide bonds. The Bertz CT molecular complexity index is 1130. The molecule has 0 radical (unpaired) electrons. The minimum atomic E-state index is -2.24. The lowest BCUT2D eigenvalue weighted by Gasteiger charge is -2.40. The number of rotatable bonds is 10. The van der Waals surface area contributed by atoms with E-state index in [0.717, 1.165) is 5.56 Å². The van der Waals surface area contributed by atoms with Crippen molar-refractivity contribution in [2.24, 2.45) is 5.92 Å². The molecule has 1 aliphatic rings. The number of hydrogen-bond donors (Lipinski definition) is 0. The van der Waals surface area contributed by atoms with Gasteiger partial charge in [0, 0.05) is 0 Å². The summed E-state index contributed by atoms with van der Waals surface area (Å²) < 4.78 is 17.8. The molecule has 8 heteroatoms. The van der Waals surface area contributed by atoms with Crippen LogP contribution in [0.5, 0.6) is 0 Å². The van der Waals surface area contributed by atoms with Gasteiger partial charge in [-0.05, 0) is 60.5 Å². The molecule has 2 aromatic carbocycles. The molecule has 0 saturated carbocycles. The third-order valence-electron chi connectivity index (χ3n) is 7.28. The molecule has 38 heavy (non-hydrogen) atoms. The molecule has 0 bridgehead atoms. The van der Waals surface area contributed by atoms with Crippen LogP contribution in [-0.4, -0.2) is 55.6 Å². The van der Waals surface area contributed by atoms with E-state index >= 15 is 0 Å². The van der Waals surface area contributed by atoms with Crippen molar-refractivity contribution in [3.8, 4) is 0 Å². The third kappa shape index (κ3) is 7.62. The third-order valence-corrected chi connectivity index (χ3v) is 12.1. The van der Waals surface area contributed by atoms with Gasteiger partial charge in [-0.2, -0.15) is 0 Å². The van der Waals surface area contributed by atoms with Gasteiger partial charge in [-0.1, -0.05) is 82.3 Å². The number of carbonyl (C=O) groups is 2. The van der Waals surface area contributed by atoms with Crippen LogP contribution in [0.2, 0.25) is 18.1 Å². The van der Waals surface area contributed by atoms with Crippen molar-refractivity contribution in [1.82, 2.24) is 4.90 Å². The smallest absolute Gasteiger partial charge is 0.338 e. The number of carbonyl (C=O) groups excluding carboxylic acids is 2. The Balaban J connectivity index is 1.76. The Kier molecular flexibility index (Phi) is 10.0. The van der Waals surface area contributed by atoms with E-state index in [1.54, 1.807) is 35.2 Å². The first kappa shape index (κ1) is 29.7. The van der Waals surface area contributed by atoms with Crippen molar-refractivity contribution >= 4 is 37.6 Å². The fourth-order valence-corrected chi connectivity index (χ4v) is 5.55. The topological polar surface area (TPSA) is 65.1 Å². The zero-order valence-corrected chi connectivity index (χ0v) is 25.0. The van der Waals surface area contributed by atoms with Gasteiger partial charge in [0.2, 0.25) is 5.91 Å². The molecule has 6 nitrogen and oxygen atoms in total. The highest BCUT2D eigenvalue weighted by atomic mass is 32.1. The molecule has 204 valence electrons. The van der Waals surface area contributed by atoms with Gasteiger partial charge < -0.3 is 13.9 Å². The van der Waals surface area contributed by atoms with Crippen LogP contribution in [0.3, 0.4) is 0 Å². The van der Waals surface area contributed by atoms with Crippen molar-refractivity contribution < 1.29 is 23.5 Å². The van der Waals surface area contributed by atoms with Crippen molar-refractivity contribution in [1.29, 1.82) is 0 Å². The molecule has 2 aromatic rings. The van der Waals surface area contributed by atoms with Gasteiger partial charge in [0.25, 0.3) is 5.17 Å². The fourth-order valence-electron chi connectivity index (χ4n) is 3.92. The molecule has 1 heterocycles. The van der Waals surface area contributed by atoms with Crippen LogP contribution < -0.4 is 0 Å². The molecule has 1 aliphatic heterocycles. The summed E-state index contributed by atoms with van der Waals surface area (Å²) in [6, 6.07) is 18.7. The van der Waals surface area contributed by atoms with Crippen LogP contribution in [0.1, 0.15) is 43.6 Å². The summed E-state index contributed by atoms with van der Waals surface area (Å²) in [5.41, 5.74) is 1.61. The van der Waals surface area contributed by atoms with Crippen LogP contribution in [0, 0.1) is 5.92 Å². The van der Waals surface area contributed by atoms with E-state index in [-0.39, 0.29) is 28.8 Å². The largest absolute Gasteiger partial charge is 0.468 e. The Morgan fingerprint density at radius 3 is 2.32 bits per heavy atom. The van der Waals surface area contributed by atoms with Gasteiger partial charge in [-0.3, -0.25) is 9.69 Å². The Hall–Kier alpha value is -2.81. The van der Waals surface area contributed by atoms with Crippen molar-refractivity contribution in [2.45, 2.75) is 64.4 Å². The van der Waals surface area contributed by atoms with E-state index in [9.17, 15) is 9.59 Å². The first-order chi connectivity index (χ1) is 17.9. The number of nitrogens with zero attached hydrogens (tertiary/aromatic N) is 1. The number of thiocarbonyl (C=S) groups is 1. The first-order valence-electron chi connectivity index (χ1n) is 13.0. The minimum Gasteiger partial charge on any atom is -0.468 e. The van der Waals surface area contributed by atoms with Gasteiger partial charge in [-0.15, -0.1) is 0 Å². The number of amides is 1. The van der Waals surface area contributed by atoms with Crippen molar-refractivity contribution in [2.75, 3.05) is 13.2 Å². The summed E-state index contributed by atoms with van der Waals surface area (Å²) in [5.74, 6) is -1.06. The van der Waals surface area contributed by atoms with Gasteiger partial charge in [0.15, 0.2) is 8.32 Å². The maximum atomic E-state index is 13.8. The van der Waals surface area contributed by atoms with Crippen molar-refractivity contribution in [3.63, 3.8) is 0 Å². The van der Waals surface area contributed by atoms with Crippen LogP contribution in [0.4, 0.5) is 0 Å². The van der Waals surface area contributed by atoms with Crippen LogP contribution >= 0.6 is 12.2 Å². The maximum absolute atomic E-state index is 13.8. The molecule has 0 unspecified atom stereocenters. The summed E-state index contributed by atoms with van der Waals surface area (Å²) in [6.45, 7) is 13.1. The molecule has 1 fully saturated rings. The van der Waals surface area contributed by atoms with Gasteiger partial charge in [-0.25, -0.2) is 4.79 Å². The minimum absolute atomic E-state index is 0.0520. The quantitative estimate of drug-likeness (QED) is 0.152. The lowest BCUT2D eigenvalue weighted by molar-refractivity contribution is -0.134. The van der Waals surface area contributed by atoms with Crippen LogP contribution in [0.15, 0.2) is 72.8 Å². The van der Waals surface area contributed by atoms with E-state index in [0.29, 0.717) is 18.6 Å². The summed E-state index contributed by atoms with van der Waals surface area (Å²) in [6.07, 6.45) is 3.73. The predicted molar refractivity (Wildman–Crippen MR) is 156 cm³/mol. The number of esters is 1. The standard InChI is InChI=1S/C30H39NO5SSi/c1-22(27(32)31-25(21-35-29(31)37)20-23-14-9-7-10-15-23)26(36-38(5,6)30(2,3)4)18-13-19-34-28(33)24-16-11-8-12-17-24/h7-18,22,25-26H,19-21H2,1-6H3/b18-13+/t22-,25+,26+/m1/s1. The molecular weight excluding hydrogens is 514 g/mol. The molecule has 3 atom stereocenters. The highest BCUT2D eigenvalue weighted by Crippen LogP contribution is 2.38. The number of hydrogen-bond acceptors (Lipinski definition) is 6. The second-order valence-corrected chi connectivity index (χ2v) is 16.3. The SMILES string of the molecule is C[C@@H](C(=O)N1C(=S)OC[C@@H]1Cc1ccccc1)[C@H](/C=C/COC(=O)c1ccccc1)O[Si](C)(C)C(C)(C)C. The summed E-state index contributed by atoms with van der Waals surface area (Å²) >= 11 is 5.44. The molecule has 1 saturated heterocycles. The van der Waals surface area contributed by atoms with E-state index in [2.05, 4.69) is 33.9 Å². The predicted octanol–water partition coefficient (Wildman–Crippen LogP) is 6.18. The van der Waals surface area contributed by atoms with E-state index in [1.165, 1.54) is 0 Å². The fraction of sp³-hybridized carbons (Fsp3) is 0.433. The van der Waals surface area contributed by atoms with E-state index in [1.807, 2.05) is 49.4 Å². The molecule has 0 aromatic heterocycles. The highest BCUT2D eigenvalue weighted by Gasteiger charge is 2.43. The highest BCUT2D eigenvalue weighted by molar-refractivity contribution is 7.80. The Morgan fingerprint density at radius 1 is 1.11 bits per heavy atom. The normalized spacial score (nSPS) is 17.8. The summed E-state index contributed by atoms with van der Waals surface area (Å²) in [5, 5.41) is 0.151. The summed E-state index contributed by atoms with van der Waals surface area (Å²) in [4.78, 5) is 27.8. The second-order valence-electron chi connectivity index (χ2n) is 11.2. The van der Waals surface area contributed by atoms with Gasteiger partial charge >= 0.3 is 5.97 Å². The van der Waals surface area contributed by atoms with E-state index < -0.39 is 26.3 Å². The second kappa shape index (κ2) is 12.8. The molecule has 3 rings (SSSR count). The van der Waals surface area contributed by atoms with Crippen LogP contribution in [0.25, 0.3) is 0 Å². The molecule has 0 aliphatic carbocycles. The lowest BCUT2D eigenvalue weighted by Crippen LogP contribution is -2.50. The monoisotopic (exact) mass is 553 g/mol. The average Bonchev–Trinajstić information content (AvgIpc) is 3.24. The van der Waals surface area contributed by atoms with Crippen molar-refractivity contribution in [3.05, 3.63) is 83.9 Å². The Morgan fingerprint density at radius 2 is 1.71 bits per heavy atom. The first-order valence-corrected chi connectivity index (χ1v) is 16.3. The zero-order chi connectivity index (χ0) is 27.9. The van der Waals surface area contributed by atoms with Crippen LogP contribution in [-0.2, 0) is 25.1 Å². The van der Waals surface area contributed by atoms with E-state index in [4.69, 9.17) is 26.1 Å². The average molecular weight is 554 g/mol. The van der Waals surface area contributed by atoms with Gasteiger partial charge in [0.1, 0.15) is 13.2 Å². The maximum Gasteiger partial charge on any atom is 0.338 e. The lowest BCUT2D eigenvalue weighted by atomic mass is 10.00. The molecule has 0 N–H and O–H groups in total.